The summed E-state index contributed by atoms with van der Waals surface area (Å²) in [4.78, 5) is 20.1. The highest BCUT2D eigenvalue weighted by atomic mass is 79.9. The molecule has 0 aliphatic carbocycles. The molecular formula is C15H17BrN4O. The van der Waals surface area contributed by atoms with Gasteiger partial charge in [0.2, 0.25) is 0 Å². The Kier molecular flexibility index (Phi) is 5.68. The van der Waals surface area contributed by atoms with Crippen molar-refractivity contribution in [3.8, 4) is 0 Å². The molecule has 1 aromatic heterocycles. The molecule has 0 bridgehead atoms. The van der Waals surface area contributed by atoms with Crippen LogP contribution in [0.3, 0.4) is 0 Å². The molecule has 2 rings (SSSR count). The van der Waals surface area contributed by atoms with Gasteiger partial charge in [-0.15, -0.1) is 0 Å². The fourth-order valence-electron chi connectivity index (χ4n) is 1.66. The van der Waals surface area contributed by atoms with E-state index < -0.39 is 0 Å². The van der Waals surface area contributed by atoms with Gasteiger partial charge in [0, 0.05) is 16.7 Å². The number of hydrogen-bond donors (Lipinski definition) is 2. The first-order valence-electron chi connectivity index (χ1n) is 6.82. The van der Waals surface area contributed by atoms with E-state index in [1.807, 2.05) is 24.3 Å². The summed E-state index contributed by atoms with van der Waals surface area (Å²) in [5, 5.41) is 5.93. The van der Waals surface area contributed by atoms with Crippen LogP contribution < -0.4 is 10.6 Å². The standard InChI is InChI=1S/C15H17BrN4O/c1-2-3-8-17-15(21)13-9-19-14(10-18-13)20-12-6-4-11(16)5-7-12/h4-7,9-10H,2-3,8H2,1H3,(H,17,21)(H,19,20). The van der Waals surface area contributed by atoms with E-state index in [9.17, 15) is 4.79 Å². The molecule has 0 saturated heterocycles. The van der Waals surface area contributed by atoms with Gasteiger partial charge in [0.05, 0.1) is 12.4 Å². The maximum atomic E-state index is 11.8. The molecule has 0 unspecified atom stereocenters. The van der Waals surface area contributed by atoms with Crippen molar-refractivity contribution in [2.75, 3.05) is 11.9 Å². The Hall–Kier alpha value is -1.95. The first-order chi connectivity index (χ1) is 10.2. The molecule has 5 nitrogen and oxygen atoms in total. The van der Waals surface area contributed by atoms with Gasteiger partial charge < -0.3 is 10.6 Å². The maximum Gasteiger partial charge on any atom is 0.271 e. The Morgan fingerprint density at radius 2 is 1.95 bits per heavy atom. The Morgan fingerprint density at radius 3 is 2.57 bits per heavy atom. The molecule has 1 amide bonds. The number of amides is 1. The van der Waals surface area contributed by atoms with Crippen LogP contribution in [0.4, 0.5) is 11.5 Å². The van der Waals surface area contributed by atoms with Crippen molar-refractivity contribution in [3.63, 3.8) is 0 Å². The summed E-state index contributed by atoms with van der Waals surface area (Å²) in [6, 6.07) is 7.73. The number of benzene rings is 1. The third-order valence-corrected chi connectivity index (χ3v) is 3.35. The summed E-state index contributed by atoms with van der Waals surface area (Å²) in [5.74, 6) is 0.411. The molecule has 0 atom stereocenters. The van der Waals surface area contributed by atoms with Crippen molar-refractivity contribution >= 4 is 33.3 Å². The predicted octanol–water partition coefficient (Wildman–Crippen LogP) is 3.51. The van der Waals surface area contributed by atoms with Crippen molar-refractivity contribution in [2.24, 2.45) is 0 Å². The van der Waals surface area contributed by atoms with E-state index in [2.05, 4.69) is 43.5 Å². The molecule has 0 aliphatic heterocycles. The Balaban J connectivity index is 1.95. The van der Waals surface area contributed by atoms with Crippen LogP contribution in [0, 0.1) is 0 Å². The lowest BCUT2D eigenvalue weighted by Crippen LogP contribution is -2.25. The summed E-state index contributed by atoms with van der Waals surface area (Å²) in [7, 11) is 0. The maximum absolute atomic E-state index is 11.8. The van der Waals surface area contributed by atoms with E-state index in [1.54, 1.807) is 6.20 Å². The van der Waals surface area contributed by atoms with Crippen molar-refractivity contribution < 1.29 is 4.79 Å². The largest absolute Gasteiger partial charge is 0.351 e. The van der Waals surface area contributed by atoms with Gasteiger partial charge in [-0.25, -0.2) is 9.97 Å². The van der Waals surface area contributed by atoms with E-state index in [-0.39, 0.29) is 5.91 Å². The van der Waals surface area contributed by atoms with Gasteiger partial charge in [-0.1, -0.05) is 29.3 Å². The number of nitrogens with one attached hydrogen (secondary N) is 2. The van der Waals surface area contributed by atoms with Gasteiger partial charge in [0.25, 0.3) is 5.91 Å². The van der Waals surface area contributed by atoms with Crippen molar-refractivity contribution in [1.29, 1.82) is 0 Å². The zero-order chi connectivity index (χ0) is 15.1. The molecule has 21 heavy (non-hydrogen) atoms. The highest BCUT2D eigenvalue weighted by molar-refractivity contribution is 9.10. The van der Waals surface area contributed by atoms with Gasteiger partial charge in [0.1, 0.15) is 11.5 Å². The molecule has 2 aromatic rings. The number of rotatable bonds is 6. The van der Waals surface area contributed by atoms with E-state index in [1.165, 1.54) is 6.20 Å². The van der Waals surface area contributed by atoms with E-state index in [0.29, 0.717) is 18.1 Å². The Bertz CT molecular complexity index is 584. The Labute approximate surface area is 132 Å². The minimum atomic E-state index is -0.189. The van der Waals surface area contributed by atoms with E-state index in [4.69, 9.17) is 0 Å². The first kappa shape index (κ1) is 15.4. The zero-order valence-corrected chi connectivity index (χ0v) is 13.4. The second kappa shape index (κ2) is 7.73. The molecule has 2 N–H and O–H groups in total. The van der Waals surface area contributed by atoms with Crippen LogP contribution in [0.1, 0.15) is 30.3 Å². The molecule has 1 heterocycles. The van der Waals surface area contributed by atoms with Crippen LogP contribution in [0.5, 0.6) is 0 Å². The lowest BCUT2D eigenvalue weighted by atomic mass is 10.3. The van der Waals surface area contributed by atoms with Crippen LogP contribution in [0.2, 0.25) is 0 Å². The highest BCUT2D eigenvalue weighted by Crippen LogP contribution is 2.17. The van der Waals surface area contributed by atoms with E-state index >= 15 is 0 Å². The normalized spacial score (nSPS) is 10.2. The van der Waals surface area contributed by atoms with E-state index in [0.717, 1.165) is 23.0 Å². The summed E-state index contributed by atoms with van der Waals surface area (Å²) >= 11 is 3.38. The number of anilines is 2. The quantitative estimate of drug-likeness (QED) is 0.784. The molecule has 0 fully saturated rings. The van der Waals surface area contributed by atoms with Crippen LogP contribution in [-0.4, -0.2) is 22.4 Å². The molecule has 0 spiro atoms. The number of carbonyl (C=O) groups excluding carboxylic acids is 1. The van der Waals surface area contributed by atoms with Crippen molar-refractivity contribution in [2.45, 2.75) is 19.8 Å². The minimum absolute atomic E-state index is 0.189. The van der Waals surface area contributed by atoms with Gasteiger partial charge in [-0.05, 0) is 30.7 Å². The first-order valence-corrected chi connectivity index (χ1v) is 7.61. The molecule has 110 valence electrons. The summed E-state index contributed by atoms with van der Waals surface area (Å²) in [5.41, 5.74) is 1.24. The lowest BCUT2D eigenvalue weighted by molar-refractivity contribution is 0.0948. The minimum Gasteiger partial charge on any atom is -0.351 e. The molecule has 0 aliphatic rings. The van der Waals surface area contributed by atoms with Crippen LogP contribution in [0.25, 0.3) is 0 Å². The number of hydrogen-bond acceptors (Lipinski definition) is 4. The number of halogens is 1. The number of nitrogens with zero attached hydrogens (tertiary/aromatic N) is 2. The van der Waals surface area contributed by atoms with Crippen LogP contribution in [0.15, 0.2) is 41.1 Å². The van der Waals surface area contributed by atoms with Gasteiger partial charge >= 0.3 is 0 Å². The van der Waals surface area contributed by atoms with Crippen molar-refractivity contribution in [3.05, 3.63) is 46.8 Å². The summed E-state index contributed by atoms with van der Waals surface area (Å²) in [6.45, 7) is 2.74. The average molecular weight is 349 g/mol. The molecule has 6 heteroatoms. The van der Waals surface area contributed by atoms with Crippen LogP contribution >= 0.6 is 15.9 Å². The molecule has 1 aromatic carbocycles. The summed E-state index contributed by atoms with van der Waals surface area (Å²) < 4.78 is 1.01. The number of aromatic nitrogens is 2. The zero-order valence-electron chi connectivity index (χ0n) is 11.8. The second-order valence-corrected chi connectivity index (χ2v) is 5.44. The predicted molar refractivity (Wildman–Crippen MR) is 86.7 cm³/mol. The average Bonchev–Trinajstić information content (AvgIpc) is 2.50. The van der Waals surface area contributed by atoms with Crippen LogP contribution in [-0.2, 0) is 0 Å². The lowest BCUT2D eigenvalue weighted by Gasteiger charge is -2.06. The highest BCUT2D eigenvalue weighted by Gasteiger charge is 2.07. The third-order valence-electron chi connectivity index (χ3n) is 2.82. The smallest absolute Gasteiger partial charge is 0.271 e. The monoisotopic (exact) mass is 348 g/mol. The molecule has 0 radical (unpaired) electrons. The van der Waals surface area contributed by atoms with Gasteiger partial charge in [-0.2, -0.15) is 0 Å². The fourth-order valence-corrected chi connectivity index (χ4v) is 1.92. The van der Waals surface area contributed by atoms with Gasteiger partial charge in [0.15, 0.2) is 0 Å². The molecular weight excluding hydrogens is 332 g/mol. The topological polar surface area (TPSA) is 66.9 Å². The number of unbranched alkanes of at least 4 members (excludes halogenated alkanes) is 1. The summed E-state index contributed by atoms with van der Waals surface area (Å²) in [6.07, 6.45) is 5.03. The third kappa shape index (κ3) is 4.82. The molecule has 0 saturated carbocycles. The SMILES string of the molecule is CCCCNC(=O)c1cnc(Nc2ccc(Br)cc2)cn1. The Morgan fingerprint density at radius 1 is 1.19 bits per heavy atom. The fraction of sp³-hybridized carbons (Fsp3) is 0.267. The number of carbonyl (C=O) groups is 1. The van der Waals surface area contributed by atoms with Gasteiger partial charge in [-0.3, -0.25) is 4.79 Å². The second-order valence-electron chi connectivity index (χ2n) is 4.53. The van der Waals surface area contributed by atoms with Crippen molar-refractivity contribution in [1.82, 2.24) is 15.3 Å².